The fraction of sp³-hybridized carbons (Fsp3) is 0.0909. The predicted octanol–water partition coefficient (Wildman–Crippen LogP) is 3.32. The number of halogens is 1. The minimum atomic E-state index is -0.471. The molecule has 0 fully saturated rings. The van der Waals surface area contributed by atoms with E-state index >= 15 is 0 Å². The Morgan fingerprint density at radius 1 is 1.00 bits per heavy atom. The monoisotopic (exact) mass is 388 g/mol. The summed E-state index contributed by atoms with van der Waals surface area (Å²) in [6, 6.07) is 16.1. The van der Waals surface area contributed by atoms with Gasteiger partial charge in [-0.1, -0.05) is 24.3 Å². The molecule has 0 saturated carbocycles. The van der Waals surface area contributed by atoms with E-state index in [9.17, 15) is 14.0 Å². The van der Waals surface area contributed by atoms with E-state index in [2.05, 4.69) is 15.6 Å². The molecule has 0 saturated heterocycles. The zero-order valence-electron chi connectivity index (χ0n) is 15.4. The molecule has 7 heteroatoms. The van der Waals surface area contributed by atoms with Crippen LogP contribution < -0.4 is 10.6 Å². The van der Waals surface area contributed by atoms with Crippen LogP contribution in [0.3, 0.4) is 0 Å². The number of aromatic nitrogens is 1. The number of carbonyl (C=O) groups excluding carboxylic acids is 2. The fourth-order valence-electron chi connectivity index (χ4n) is 2.65. The third-order valence-corrected chi connectivity index (χ3v) is 4.17. The highest BCUT2D eigenvalue weighted by Crippen LogP contribution is 2.15. The first-order valence-corrected chi connectivity index (χ1v) is 8.85. The van der Waals surface area contributed by atoms with Crippen LogP contribution in [0.25, 0.3) is 0 Å². The lowest BCUT2D eigenvalue weighted by Gasteiger charge is -2.08. The number of hydrogen-bond acceptors (Lipinski definition) is 4. The smallest absolute Gasteiger partial charge is 0.257 e. The molecule has 3 aromatic rings. The first-order valence-electron chi connectivity index (χ1n) is 8.85. The van der Waals surface area contributed by atoms with Gasteiger partial charge in [-0.3, -0.25) is 14.6 Å². The Balaban J connectivity index is 1.62. The fourth-order valence-corrected chi connectivity index (χ4v) is 2.65. The molecule has 0 bridgehead atoms. The molecule has 0 aliphatic rings. The van der Waals surface area contributed by atoms with E-state index in [-0.39, 0.29) is 22.9 Å². The Kier molecular flexibility index (Phi) is 6.28. The highest BCUT2D eigenvalue weighted by molar-refractivity contribution is 6.06. The van der Waals surface area contributed by atoms with E-state index < -0.39 is 5.91 Å². The van der Waals surface area contributed by atoms with Crippen LogP contribution in [0.2, 0.25) is 0 Å². The summed E-state index contributed by atoms with van der Waals surface area (Å²) < 4.78 is 12.9. The topological polar surface area (TPSA) is 94.9 Å². The molecular formula is C22H17FN4O2. The van der Waals surface area contributed by atoms with Crippen LogP contribution in [-0.4, -0.2) is 23.3 Å². The minimum Gasteiger partial charge on any atom is -0.352 e. The lowest BCUT2D eigenvalue weighted by molar-refractivity contribution is 0.0953. The predicted molar refractivity (Wildman–Crippen MR) is 106 cm³/mol. The van der Waals surface area contributed by atoms with Crippen molar-refractivity contribution in [2.45, 2.75) is 6.42 Å². The summed E-state index contributed by atoms with van der Waals surface area (Å²) in [6.07, 6.45) is 3.26. The van der Waals surface area contributed by atoms with Gasteiger partial charge in [0.25, 0.3) is 11.8 Å². The lowest BCUT2D eigenvalue weighted by atomic mass is 10.1. The van der Waals surface area contributed by atoms with Gasteiger partial charge in [-0.2, -0.15) is 5.26 Å². The molecule has 0 unspecified atom stereocenters. The van der Waals surface area contributed by atoms with Gasteiger partial charge in [0.15, 0.2) is 0 Å². The normalized spacial score (nSPS) is 10.1. The Bertz CT molecular complexity index is 1070. The number of para-hydroxylation sites is 1. The number of carbonyl (C=O) groups is 2. The number of amides is 2. The van der Waals surface area contributed by atoms with Crippen LogP contribution in [0.4, 0.5) is 10.1 Å². The van der Waals surface area contributed by atoms with E-state index in [1.165, 1.54) is 30.6 Å². The van der Waals surface area contributed by atoms with Gasteiger partial charge in [0, 0.05) is 18.9 Å². The van der Waals surface area contributed by atoms with E-state index in [4.69, 9.17) is 5.26 Å². The number of rotatable bonds is 6. The summed E-state index contributed by atoms with van der Waals surface area (Å²) in [5.41, 5.74) is 2.06. The van der Waals surface area contributed by atoms with E-state index in [0.717, 1.165) is 5.56 Å². The van der Waals surface area contributed by atoms with Crippen molar-refractivity contribution in [3.05, 3.63) is 95.1 Å². The van der Waals surface area contributed by atoms with Crippen LogP contribution in [0.15, 0.2) is 67.0 Å². The molecule has 0 atom stereocenters. The second kappa shape index (κ2) is 9.24. The highest BCUT2D eigenvalue weighted by atomic mass is 19.1. The van der Waals surface area contributed by atoms with E-state index in [1.807, 2.05) is 6.07 Å². The standard InChI is InChI=1S/C22H17FN4O2/c23-19-7-5-15(6-8-19)9-10-26-21(28)17-11-18(14-25-13-17)22(29)27-20-4-2-1-3-16(20)12-24/h1-8,11,13-14H,9-10H2,(H,26,28)(H,27,29). The third-order valence-electron chi connectivity index (χ3n) is 4.17. The van der Waals surface area contributed by atoms with Crippen LogP contribution in [-0.2, 0) is 6.42 Å². The maximum absolute atomic E-state index is 12.9. The maximum Gasteiger partial charge on any atom is 0.257 e. The van der Waals surface area contributed by atoms with Gasteiger partial charge < -0.3 is 10.6 Å². The number of hydrogen-bond donors (Lipinski definition) is 2. The number of nitriles is 1. The van der Waals surface area contributed by atoms with Crippen LogP contribution in [0.1, 0.15) is 31.8 Å². The number of nitrogens with zero attached hydrogens (tertiary/aromatic N) is 2. The van der Waals surface area contributed by atoms with Crippen LogP contribution >= 0.6 is 0 Å². The summed E-state index contributed by atoms with van der Waals surface area (Å²) >= 11 is 0. The van der Waals surface area contributed by atoms with Crippen LogP contribution in [0.5, 0.6) is 0 Å². The summed E-state index contributed by atoms with van der Waals surface area (Å²) in [5, 5.41) is 14.5. The van der Waals surface area contributed by atoms with Crippen molar-refractivity contribution in [2.24, 2.45) is 0 Å². The SMILES string of the molecule is N#Cc1ccccc1NC(=O)c1cncc(C(=O)NCCc2ccc(F)cc2)c1. The van der Waals surface area contributed by atoms with Crippen molar-refractivity contribution in [3.63, 3.8) is 0 Å². The molecule has 29 heavy (non-hydrogen) atoms. The molecular weight excluding hydrogens is 371 g/mol. The van der Waals surface area contributed by atoms with Crippen molar-refractivity contribution < 1.29 is 14.0 Å². The molecule has 0 spiro atoms. The number of benzene rings is 2. The Morgan fingerprint density at radius 2 is 1.69 bits per heavy atom. The molecule has 2 amide bonds. The second-order valence-electron chi connectivity index (χ2n) is 6.21. The Hall–Kier alpha value is -4.05. The number of nitrogens with one attached hydrogen (secondary N) is 2. The molecule has 0 radical (unpaired) electrons. The number of pyridine rings is 1. The molecule has 0 aliphatic carbocycles. The Morgan fingerprint density at radius 3 is 2.41 bits per heavy atom. The average molecular weight is 388 g/mol. The maximum atomic E-state index is 12.9. The quantitative estimate of drug-likeness (QED) is 0.677. The molecule has 2 aromatic carbocycles. The first-order chi connectivity index (χ1) is 14.1. The second-order valence-corrected chi connectivity index (χ2v) is 6.21. The molecule has 3 rings (SSSR count). The van der Waals surface area contributed by atoms with Crippen LogP contribution in [0, 0.1) is 17.1 Å². The van der Waals surface area contributed by atoms with Gasteiger partial charge in [-0.15, -0.1) is 0 Å². The molecule has 144 valence electrons. The minimum absolute atomic E-state index is 0.198. The molecule has 2 N–H and O–H groups in total. The lowest BCUT2D eigenvalue weighted by Crippen LogP contribution is -2.26. The summed E-state index contributed by atoms with van der Waals surface area (Å²) in [5.74, 6) is -1.15. The van der Waals surface area contributed by atoms with E-state index in [1.54, 1.807) is 36.4 Å². The first kappa shape index (κ1) is 19.7. The molecule has 0 aliphatic heterocycles. The average Bonchev–Trinajstić information content (AvgIpc) is 2.75. The largest absolute Gasteiger partial charge is 0.352 e. The summed E-state index contributed by atoms with van der Waals surface area (Å²) in [7, 11) is 0. The molecule has 6 nitrogen and oxygen atoms in total. The van der Waals surface area contributed by atoms with Gasteiger partial charge >= 0.3 is 0 Å². The number of anilines is 1. The van der Waals surface area contributed by atoms with Gasteiger partial charge in [0.05, 0.1) is 22.4 Å². The summed E-state index contributed by atoms with van der Waals surface area (Å²) in [6.45, 7) is 0.358. The van der Waals surface area contributed by atoms with Gasteiger partial charge in [-0.25, -0.2) is 4.39 Å². The van der Waals surface area contributed by atoms with Gasteiger partial charge in [-0.05, 0) is 42.3 Å². The molecule has 1 heterocycles. The zero-order valence-corrected chi connectivity index (χ0v) is 15.4. The van der Waals surface area contributed by atoms with Crippen molar-refractivity contribution in [2.75, 3.05) is 11.9 Å². The van der Waals surface area contributed by atoms with Gasteiger partial charge in [0.1, 0.15) is 11.9 Å². The Labute approximate surface area is 167 Å². The van der Waals surface area contributed by atoms with Gasteiger partial charge in [0.2, 0.25) is 0 Å². The van der Waals surface area contributed by atoms with Crippen molar-refractivity contribution >= 4 is 17.5 Å². The van der Waals surface area contributed by atoms with E-state index in [0.29, 0.717) is 24.2 Å². The zero-order chi connectivity index (χ0) is 20.6. The molecule has 1 aromatic heterocycles. The van der Waals surface area contributed by atoms with Crippen molar-refractivity contribution in [3.8, 4) is 6.07 Å². The van der Waals surface area contributed by atoms with Crippen molar-refractivity contribution in [1.29, 1.82) is 5.26 Å². The highest BCUT2D eigenvalue weighted by Gasteiger charge is 2.13. The van der Waals surface area contributed by atoms with Crippen molar-refractivity contribution in [1.82, 2.24) is 10.3 Å². The summed E-state index contributed by atoms with van der Waals surface area (Å²) in [4.78, 5) is 28.8. The third kappa shape index (κ3) is 5.23.